The molecule has 15 heavy (non-hydrogen) atoms. The quantitative estimate of drug-likeness (QED) is 0.761. The molecule has 0 bridgehead atoms. The van der Waals surface area contributed by atoms with Gasteiger partial charge in [-0.2, -0.15) is 0 Å². The van der Waals surface area contributed by atoms with E-state index in [2.05, 4.69) is 18.7 Å². The Labute approximate surface area is 92.5 Å². The molecular formula is C12H23NO2. The Hall–Kier alpha value is -0.570. The van der Waals surface area contributed by atoms with Gasteiger partial charge in [-0.3, -0.25) is 4.79 Å². The summed E-state index contributed by atoms with van der Waals surface area (Å²) in [5.74, 6) is 0.0410. The molecule has 3 nitrogen and oxygen atoms in total. The van der Waals surface area contributed by atoms with E-state index in [0.717, 1.165) is 26.1 Å². The Balaban J connectivity index is 2.39. The van der Waals surface area contributed by atoms with E-state index < -0.39 is 11.4 Å². The molecule has 3 heteroatoms. The largest absolute Gasteiger partial charge is 0.481 e. The smallest absolute Gasteiger partial charge is 0.310 e. The van der Waals surface area contributed by atoms with E-state index in [1.807, 2.05) is 6.92 Å². The zero-order valence-corrected chi connectivity index (χ0v) is 10.1. The highest BCUT2D eigenvalue weighted by Crippen LogP contribution is 2.30. The number of aliphatic carboxylic acids is 1. The molecule has 2 atom stereocenters. The molecule has 0 aromatic carbocycles. The first-order chi connectivity index (χ1) is 6.98. The zero-order chi connectivity index (χ0) is 11.5. The highest BCUT2D eigenvalue weighted by molar-refractivity contribution is 5.74. The third-order valence-electron chi connectivity index (χ3n) is 3.42. The molecule has 0 saturated carbocycles. The van der Waals surface area contributed by atoms with Crippen molar-refractivity contribution < 1.29 is 9.90 Å². The van der Waals surface area contributed by atoms with Crippen LogP contribution >= 0.6 is 0 Å². The van der Waals surface area contributed by atoms with Crippen LogP contribution < -0.4 is 0 Å². The van der Waals surface area contributed by atoms with Crippen LogP contribution in [0.15, 0.2) is 0 Å². The lowest BCUT2D eigenvalue weighted by atomic mass is 9.90. The van der Waals surface area contributed by atoms with Gasteiger partial charge in [-0.05, 0) is 32.2 Å². The summed E-state index contributed by atoms with van der Waals surface area (Å²) in [7, 11) is 0. The van der Waals surface area contributed by atoms with E-state index in [1.54, 1.807) is 0 Å². The van der Waals surface area contributed by atoms with Gasteiger partial charge >= 0.3 is 5.97 Å². The Kier molecular flexibility index (Phi) is 4.14. The molecule has 0 aromatic heterocycles. The molecule has 1 heterocycles. The van der Waals surface area contributed by atoms with Crippen molar-refractivity contribution in [2.24, 2.45) is 11.3 Å². The third kappa shape index (κ3) is 3.20. The number of carboxylic acids is 1. The molecule has 1 aliphatic heterocycles. The third-order valence-corrected chi connectivity index (χ3v) is 3.42. The summed E-state index contributed by atoms with van der Waals surface area (Å²) < 4.78 is 0. The topological polar surface area (TPSA) is 40.5 Å². The predicted octanol–water partition coefficient (Wildman–Crippen LogP) is 2.22. The predicted molar refractivity (Wildman–Crippen MR) is 60.9 cm³/mol. The lowest BCUT2D eigenvalue weighted by Crippen LogP contribution is -2.33. The van der Waals surface area contributed by atoms with Gasteiger partial charge in [-0.25, -0.2) is 0 Å². The minimum atomic E-state index is -0.645. The van der Waals surface area contributed by atoms with Crippen molar-refractivity contribution in [1.29, 1.82) is 0 Å². The van der Waals surface area contributed by atoms with Crippen molar-refractivity contribution in [2.45, 2.75) is 40.0 Å². The van der Waals surface area contributed by atoms with Crippen LogP contribution in [0, 0.1) is 11.3 Å². The van der Waals surface area contributed by atoms with Gasteiger partial charge in [0.15, 0.2) is 0 Å². The van der Waals surface area contributed by atoms with Crippen LogP contribution in [0.2, 0.25) is 0 Å². The molecule has 0 aromatic rings. The van der Waals surface area contributed by atoms with Crippen LogP contribution in [-0.4, -0.2) is 35.6 Å². The van der Waals surface area contributed by atoms with Crippen LogP contribution in [0.25, 0.3) is 0 Å². The summed E-state index contributed by atoms with van der Waals surface area (Å²) in [6.07, 6.45) is 3.24. The van der Waals surface area contributed by atoms with Crippen LogP contribution in [-0.2, 0) is 4.79 Å². The van der Waals surface area contributed by atoms with E-state index in [9.17, 15) is 4.79 Å². The second-order valence-electron chi connectivity index (χ2n) is 5.24. The van der Waals surface area contributed by atoms with Crippen LogP contribution in [0.3, 0.4) is 0 Å². The number of rotatable bonds is 5. The number of hydrogen-bond donors (Lipinski definition) is 1. The molecule has 0 spiro atoms. The van der Waals surface area contributed by atoms with Gasteiger partial charge in [0.05, 0.1) is 5.41 Å². The van der Waals surface area contributed by atoms with E-state index >= 15 is 0 Å². The summed E-state index contributed by atoms with van der Waals surface area (Å²) in [6.45, 7) is 9.02. The molecule has 1 N–H and O–H groups in total. The van der Waals surface area contributed by atoms with Gasteiger partial charge in [-0.15, -0.1) is 0 Å². The molecule has 1 fully saturated rings. The standard InChI is InChI=1S/C12H23NO2/c1-4-5-10(2)8-13-7-6-12(3,9-13)11(14)15/h10H,4-9H2,1-3H3,(H,14,15). The maximum Gasteiger partial charge on any atom is 0.310 e. The Morgan fingerprint density at radius 1 is 1.60 bits per heavy atom. The molecule has 0 aliphatic carbocycles. The van der Waals surface area contributed by atoms with E-state index in [-0.39, 0.29) is 0 Å². The average molecular weight is 213 g/mol. The molecule has 1 aliphatic rings. The average Bonchev–Trinajstić information content (AvgIpc) is 2.49. The molecular weight excluding hydrogens is 190 g/mol. The zero-order valence-electron chi connectivity index (χ0n) is 10.1. The number of nitrogens with zero attached hydrogens (tertiary/aromatic N) is 1. The lowest BCUT2D eigenvalue weighted by Gasteiger charge is -2.22. The van der Waals surface area contributed by atoms with E-state index in [0.29, 0.717) is 5.92 Å². The lowest BCUT2D eigenvalue weighted by molar-refractivity contribution is -0.147. The van der Waals surface area contributed by atoms with Crippen molar-refractivity contribution in [3.63, 3.8) is 0 Å². The fourth-order valence-corrected chi connectivity index (χ4v) is 2.41. The van der Waals surface area contributed by atoms with Crippen LogP contribution in [0.4, 0.5) is 0 Å². The number of carboxylic acid groups (broad SMARTS) is 1. The first kappa shape index (κ1) is 12.5. The van der Waals surface area contributed by atoms with Crippen molar-refractivity contribution in [3.8, 4) is 0 Å². The molecule has 88 valence electrons. The van der Waals surface area contributed by atoms with Crippen LogP contribution in [0.5, 0.6) is 0 Å². The van der Waals surface area contributed by atoms with Crippen LogP contribution in [0.1, 0.15) is 40.0 Å². The van der Waals surface area contributed by atoms with Crippen molar-refractivity contribution in [2.75, 3.05) is 19.6 Å². The second kappa shape index (κ2) is 4.97. The molecule has 0 amide bonds. The summed E-state index contributed by atoms with van der Waals surface area (Å²) in [6, 6.07) is 0. The van der Waals surface area contributed by atoms with Crippen molar-refractivity contribution >= 4 is 5.97 Å². The van der Waals surface area contributed by atoms with Gasteiger partial charge in [0, 0.05) is 13.1 Å². The summed E-state index contributed by atoms with van der Waals surface area (Å²) in [4.78, 5) is 13.4. The highest BCUT2D eigenvalue weighted by atomic mass is 16.4. The maximum absolute atomic E-state index is 11.1. The van der Waals surface area contributed by atoms with Gasteiger partial charge in [0.2, 0.25) is 0 Å². The second-order valence-corrected chi connectivity index (χ2v) is 5.24. The van der Waals surface area contributed by atoms with Gasteiger partial charge in [0.1, 0.15) is 0 Å². The molecule has 1 rings (SSSR count). The Morgan fingerprint density at radius 3 is 2.73 bits per heavy atom. The Bertz CT molecular complexity index is 230. The van der Waals surface area contributed by atoms with Crippen molar-refractivity contribution in [3.05, 3.63) is 0 Å². The molecule has 2 unspecified atom stereocenters. The van der Waals surface area contributed by atoms with E-state index in [1.165, 1.54) is 12.8 Å². The summed E-state index contributed by atoms with van der Waals surface area (Å²) >= 11 is 0. The van der Waals surface area contributed by atoms with Crippen molar-refractivity contribution in [1.82, 2.24) is 4.90 Å². The normalized spacial score (nSPS) is 29.3. The van der Waals surface area contributed by atoms with Gasteiger partial charge in [0.25, 0.3) is 0 Å². The first-order valence-corrected chi connectivity index (χ1v) is 5.93. The number of likely N-dealkylation sites (tertiary alicyclic amines) is 1. The fraction of sp³-hybridized carbons (Fsp3) is 0.917. The van der Waals surface area contributed by atoms with Gasteiger partial charge < -0.3 is 10.0 Å². The maximum atomic E-state index is 11.1. The Morgan fingerprint density at radius 2 is 2.27 bits per heavy atom. The minimum absolute atomic E-state index is 0.508. The molecule has 1 saturated heterocycles. The summed E-state index contributed by atoms with van der Waals surface area (Å²) in [5, 5.41) is 9.10. The minimum Gasteiger partial charge on any atom is -0.481 e. The van der Waals surface area contributed by atoms with E-state index in [4.69, 9.17) is 5.11 Å². The highest BCUT2D eigenvalue weighted by Gasteiger charge is 2.40. The fourth-order valence-electron chi connectivity index (χ4n) is 2.41. The number of carbonyl (C=O) groups is 1. The SMILES string of the molecule is CCCC(C)CN1CCC(C)(C(=O)O)C1. The first-order valence-electron chi connectivity index (χ1n) is 5.93. The van der Waals surface area contributed by atoms with Gasteiger partial charge in [-0.1, -0.05) is 20.3 Å². The number of hydrogen-bond acceptors (Lipinski definition) is 2. The monoisotopic (exact) mass is 213 g/mol. The molecule has 0 radical (unpaired) electrons. The summed E-state index contributed by atoms with van der Waals surface area (Å²) in [5.41, 5.74) is -0.508.